The van der Waals surface area contributed by atoms with Crippen LogP contribution in [0.25, 0.3) is 0 Å². The highest BCUT2D eigenvalue weighted by Crippen LogP contribution is 2.39. The van der Waals surface area contributed by atoms with E-state index in [0.29, 0.717) is 22.9 Å². The van der Waals surface area contributed by atoms with Crippen molar-refractivity contribution in [2.75, 3.05) is 5.32 Å². The SMILES string of the molecule is N#Cc1ccc(C(=O)Nc2cc(C3CC3)[nH]n2)cc1. The molecule has 0 radical (unpaired) electrons. The molecular formula is C14H12N4O. The number of hydrogen-bond acceptors (Lipinski definition) is 3. The molecule has 1 aromatic heterocycles. The number of carbonyl (C=O) groups is 1. The van der Waals surface area contributed by atoms with Crippen molar-refractivity contribution in [1.29, 1.82) is 5.26 Å². The third kappa shape index (κ3) is 2.47. The quantitative estimate of drug-likeness (QED) is 0.880. The fraction of sp³-hybridized carbons (Fsp3) is 0.214. The summed E-state index contributed by atoms with van der Waals surface area (Å²) < 4.78 is 0. The number of aromatic nitrogens is 2. The minimum atomic E-state index is -0.224. The zero-order valence-corrected chi connectivity index (χ0v) is 10.2. The second-order valence-electron chi connectivity index (χ2n) is 4.63. The largest absolute Gasteiger partial charge is 0.305 e. The van der Waals surface area contributed by atoms with Crippen molar-refractivity contribution in [3.63, 3.8) is 0 Å². The predicted molar refractivity (Wildman–Crippen MR) is 69.7 cm³/mol. The Kier molecular flexibility index (Phi) is 2.76. The summed E-state index contributed by atoms with van der Waals surface area (Å²) in [6.07, 6.45) is 2.37. The molecule has 0 atom stereocenters. The first-order valence-electron chi connectivity index (χ1n) is 6.13. The Morgan fingerprint density at radius 1 is 1.37 bits per heavy atom. The summed E-state index contributed by atoms with van der Waals surface area (Å²) in [4.78, 5) is 12.0. The van der Waals surface area contributed by atoms with E-state index in [9.17, 15) is 4.79 Å². The van der Waals surface area contributed by atoms with Gasteiger partial charge in [-0.1, -0.05) is 0 Å². The number of rotatable bonds is 3. The van der Waals surface area contributed by atoms with Gasteiger partial charge in [-0.15, -0.1) is 0 Å². The molecule has 94 valence electrons. The average Bonchev–Trinajstić information content (AvgIpc) is 3.20. The van der Waals surface area contributed by atoms with E-state index in [1.165, 1.54) is 12.8 Å². The summed E-state index contributed by atoms with van der Waals surface area (Å²) in [5.74, 6) is 0.891. The highest BCUT2D eigenvalue weighted by Gasteiger charge is 2.25. The second-order valence-corrected chi connectivity index (χ2v) is 4.63. The Labute approximate surface area is 110 Å². The summed E-state index contributed by atoms with van der Waals surface area (Å²) in [6, 6.07) is 10.4. The van der Waals surface area contributed by atoms with Crippen molar-refractivity contribution in [2.24, 2.45) is 0 Å². The van der Waals surface area contributed by atoms with Gasteiger partial charge in [-0.3, -0.25) is 9.89 Å². The van der Waals surface area contributed by atoms with E-state index in [2.05, 4.69) is 15.5 Å². The maximum atomic E-state index is 12.0. The van der Waals surface area contributed by atoms with Crippen LogP contribution in [0.4, 0.5) is 5.82 Å². The van der Waals surface area contributed by atoms with Gasteiger partial charge < -0.3 is 5.32 Å². The van der Waals surface area contributed by atoms with Crippen LogP contribution in [-0.2, 0) is 0 Å². The average molecular weight is 252 g/mol. The topological polar surface area (TPSA) is 81.6 Å². The third-order valence-corrected chi connectivity index (χ3v) is 3.13. The van der Waals surface area contributed by atoms with E-state index in [1.54, 1.807) is 24.3 Å². The van der Waals surface area contributed by atoms with Gasteiger partial charge in [0.05, 0.1) is 11.6 Å². The van der Waals surface area contributed by atoms with Crippen LogP contribution in [0.15, 0.2) is 30.3 Å². The molecule has 3 rings (SSSR count). The van der Waals surface area contributed by atoms with Crippen LogP contribution in [-0.4, -0.2) is 16.1 Å². The number of nitrogens with one attached hydrogen (secondary N) is 2. The number of carbonyl (C=O) groups excluding carboxylic acids is 1. The lowest BCUT2D eigenvalue weighted by atomic mass is 10.1. The van der Waals surface area contributed by atoms with E-state index < -0.39 is 0 Å². The van der Waals surface area contributed by atoms with Crippen molar-refractivity contribution < 1.29 is 4.79 Å². The monoisotopic (exact) mass is 252 g/mol. The normalized spacial score (nSPS) is 13.8. The Bertz CT molecular complexity index is 647. The van der Waals surface area contributed by atoms with Gasteiger partial charge in [0, 0.05) is 23.2 Å². The first-order chi connectivity index (χ1) is 9.26. The predicted octanol–water partition coefficient (Wildman–Crippen LogP) is 2.41. The van der Waals surface area contributed by atoms with Crippen LogP contribution in [0.2, 0.25) is 0 Å². The highest BCUT2D eigenvalue weighted by molar-refractivity contribution is 6.03. The van der Waals surface area contributed by atoms with Gasteiger partial charge in [-0.25, -0.2) is 0 Å². The molecule has 1 fully saturated rings. The van der Waals surface area contributed by atoms with Gasteiger partial charge >= 0.3 is 0 Å². The maximum absolute atomic E-state index is 12.0. The molecule has 0 saturated heterocycles. The first-order valence-corrected chi connectivity index (χ1v) is 6.13. The molecule has 0 bridgehead atoms. The maximum Gasteiger partial charge on any atom is 0.256 e. The molecule has 19 heavy (non-hydrogen) atoms. The first kappa shape index (κ1) is 11.5. The van der Waals surface area contributed by atoms with E-state index in [-0.39, 0.29) is 5.91 Å². The minimum absolute atomic E-state index is 0.224. The smallest absolute Gasteiger partial charge is 0.256 e. The lowest BCUT2D eigenvalue weighted by molar-refractivity contribution is 0.102. The highest BCUT2D eigenvalue weighted by atomic mass is 16.1. The number of nitriles is 1. The van der Waals surface area contributed by atoms with Crippen LogP contribution in [0.5, 0.6) is 0 Å². The number of anilines is 1. The molecule has 1 saturated carbocycles. The fourth-order valence-corrected chi connectivity index (χ4v) is 1.89. The Balaban J connectivity index is 1.70. The standard InChI is InChI=1S/C14H12N4O/c15-8-9-1-3-11(4-2-9)14(19)16-13-7-12(17-18-13)10-5-6-10/h1-4,7,10H,5-6H2,(H2,16,17,18,19). The van der Waals surface area contributed by atoms with Crippen molar-refractivity contribution in [3.05, 3.63) is 47.2 Å². The summed E-state index contributed by atoms with van der Waals surface area (Å²) in [5, 5.41) is 18.4. The van der Waals surface area contributed by atoms with E-state index in [4.69, 9.17) is 5.26 Å². The summed E-state index contributed by atoms with van der Waals surface area (Å²) in [5.41, 5.74) is 2.12. The zero-order valence-electron chi connectivity index (χ0n) is 10.2. The van der Waals surface area contributed by atoms with E-state index >= 15 is 0 Å². The van der Waals surface area contributed by atoms with E-state index in [0.717, 1.165) is 5.69 Å². The van der Waals surface area contributed by atoms with Gasteiger partial charge in [-0.2, -0.15) is 10.4 Å². The lowest BCUT2D eigenvalue weighted by Gasteiger charge is -2.01. The van der Waals surface area contributed by atoms with Crippen LogP contribution in [0.3, 0.4) is 0 Å². The summed E-state index contributed by atoms with van der Waals surface area (Å²) >= 11 is 0. The Morgan fingerprint density at radius 3 is 2.74 bits per heavy atom. The number of aromatic amines is 1. The van der Waals surface area contributed by atoms with Crippen molar-refractivity contribution >= 4 is 11.7 Å². The number of hydrogen-bond donors (Lipinski definition) is 2. The van der Waals surface area contributed by atoms with Crippen molar-refractivity contribution in [3.8, 4) is 6.07 Å². The van der Waals surface area contributed by atoms with Gasteiger partial charge in [-0.05, 0) is 37.1 Å². The molecule has 0 aliphatic heterocycles. The third-order valence-electron chi connectivity index (χ3n) is 3.13. The minimum Gasteiger partial charge on any atom is -0.305 e. The molecule has 1 amide bonds. The van der Waals surface area contributed by atoms with Crippen LogP contribution in [0, 0.1) is 11.3 Å². The van der Waals surface area contributed by atoms with E-state index in [1.807, 2.05) is 12.1 Å². The number of benzene rings is 1. The van der Waals surface area contributed by atoms with Gasteiger partial charge in [0.1, 0.15) is 0 Å². The molecule has 0 unspecified atom stereocenters. The van der Waals surface area contributed by atoms with Gasteiger partial charge in [0.25, 0.3) is 5.91 Å². The second kappa shape index (κ2) is 4.58. The molecule has 1 aliphatic carbocycles. The Morgan fingerprint density at radius 2 is 2.11 bits per heavy atom. The lowest BCUT2D eigenvalue weighted by Crippen LogP contribution is -2.11. The van der Waals surface area contributed by atoms with Gasteiger partial charge in [0.2, 0.25) is 0 Å². The zero-order chi connectivity index (χ0) is 13.2. The summed E-state index contributed by atoms with van der Waals surface area (Å²) in [6.45, 7) is 0. The molecule has 2 aromatic rings. The van der Waals surface area contributed by atoms with Crippen LogP contribution in [0.1, 0.15) is 40.4 Å². The number of H-pyrrole nitrogens is 1. The molecule has 1 aliphatic rings. The fourth-order valence-electron chi connectivity index (χ4n) is 1.89. The number of nitrogens with zero attached hydrogens (tertiary/aromatic N) is 2. The molecule has 5 heteroatoms. The van der Waals surface area contributed by atoms with Crippen molar-refractivity contribution in [1.82, 2.24) is 10.2 Å². The van der Waals surface area contributed by atoms with Crippen LogP contribution >= 0.6 is 0 Å². The van der Waals surface area contributed by atoms with Gasteiger partial charge in [0.15, 0.2) is 5.82 Å². The molecule has 2 N–H and O–H groups in total. The summed E-state index contributed by atoms with van der Waals surface area (Å²) in [7, 11) is 0. The Hall–Kier alpha value is -2.61. The molecular weight excluding hydrogens is 240 g/mol. The molecule has 0 spiro atoms. The molecule has 1 aromatic carbocycles. The molecule has 5 nitrogen and oxygen atoms in total. The molecule has 1 heterocycles. The van der Waals surface area contributed by atoms with Crippen LogP contribution < -0.4 is 5.32 Å². The number of amides is 1. The van der Waals surface area contributed by atoms with Crippen molar-refractivity contribution in [2.45, 2.75) is 18.8 Å².